The Bertz CT molecular complexity index is 954. The average Bonchev–Trinajstić information content (AvgIpc) is 2.76. The molecule has 2 aromatic carbocycles. The summed E-state index contributed by atoms with van der Waals surface area (Å²) in [6, 6.07) is 12.6. The number of hydrogen-bond acceptors (Lipinski definition) is 5. The van der Waals surface area contributed by atoms with Crippen LogP contribution in [-0.4, -0.2) is 44.6 Å². The zero-order chi connectivity index (χ0) is 22.1. The third kappa shape index (κ3) is 6.40. The molecule has 0 bridgehead atoms. The minimum absolute atomic E-state index is 0.0429. The Morgan fingerprint density at radius 3 is 2.20 bits per heavy atom. The van der Waals surface area contributed by atoms with Crippen molar-refractivity contribution in [1.82, 2.24) is 4.31 Å². The molecule has 0 aromatic heterocycles. The molecule has 162 valence electrons. The lowest BCUT2D eigenvalue weighted by Crippen LogP contribution is -2.28. The van der Waals surface area contributed by atoms with Crippen LogP contribution in [0.2, 0.25) is 0 Å². The predicted molar refractivity (Wildman–Crippen MR) is 116 cm³/mol. The van der Waals surface area contributed by atoms with Gasteiger partial charge in [-0.25, -0.2) is 12.7 Å². The molecule has 0 fully saturated rings. The van der Waals surface area contributed by atoms with Gasteiger partial charge in [0.25, 0.3) is 5.91 Å². The van der Waals surface area contributed by atoms with Gasteiger partial charge in [-0.3, -0.25) is 9.59 Å². The lowest BCUT2D eigenvalue weighted by Gasteiger charge is -2.17. The third-order valence-electron chi connectivity index (χ3n) is 4.54. The number of amides is 1. The van der Waals surface area contributed by atoms with Crippen molar-refractivity contribution in [3.8, 4) is 5.75 Å². The Morgan fingerprint density at radius 2 is 1.63 bits per heavy atom. The van der Waals surface area contributed by atoms with E-state index in [1.165, 1.54) is 16.4 Å². The molecule has 0 unspecified atom stereocenters. The van der Waals surface area contributed by atoms with Gasteiger partial charge < -0.3 is 10.1 Å². The summed E-state index contributed by atoms with van der Waals surface area (Å²) < 4.78 is 31.8. The molecular formula is C22H28N2O5S. The molecule has 7 nitrogen and oxygen atoms in total. The summed E-state index contributed by atoms with van der Waals surface area (Å²) in [4.78, 5) is 23.9. The van der Waals surface area contributed by atoms with Gasteiger partial charge in [-0.05, 0) is 55.0 Å². The predicted octanol–water partition coefficient (Wildman–Crippen LogP) is 3.72. The second-order valence-corrected chi connectivity index (χ2v) is 8.89. The van der Waals surface area contributed by atoms with Gasteiger partial charge in [0.15, 0.2) is 12.4 Å². The Kier molecular flexibility index (Phi) is 8.56. The van der Waals surface area contributed by atoms with E-state index in [9.17, 15) is 18.0 Å². The topological polar surface area (TPSA) is 92.8 Å². The highest BCUT2D eigenvalue weighted by Crippen LogP contribution is 2.18. The number of unbranched alkanes of at least 4 members (excludes halogenated alkanes) is 1. The molecular weight excluding hydrogens is 404 g/mol. The zero-order valence-corrected chi connectivity index (χ0v) is 18.4. The molecule has 30 heavy (non-hydrogen) atoms. The van der Waals surface area contributed by atoms with Crippen molar-refractivity contribution < 1.29 is 22.7 Å². The van der Waals surface area contributed by atoms with Crippen LogP contribution in [0.15, 0.2) is 53.4 Å². The first-order valence-corrected chi connectivity index (χ1v) is 11.3. The number of benzene rings is 2. The number of Topliss-reactive ketones (excluding diaryl/α,β-unsaturated/α-hetero) is 1. The van der Waals surface area contributed by atoms with E-state index in [0.29, 0.717) is 30.0 Å². The average molecular weight is 433 g/mol. The third-order valence-corrected chi connectivity index (χ3v) is 6.41. The first kappa shape index (κ1) is 23.6. The number of anilines is 1. The largest absolute Gasteiger partial charge is 0.484 e. The number of nitrogens with zero attached hydrogens (tertiary/aromatic N) is 1. The van der Waals surface area contributed by atoms with Gasteiger partial charge in [-0.15, -0.1) is 0 Å². The summed E-state index contributed by atoms with van der Waals surface area (Å²) in [5.74, 6) is 0.148. The number of carbonyl (C=O) groups is 2. The summed E-state index contributed by atoms with van der Waals surface area (Å²) in [5.41, 5.74) is 1.08. The summed E-state index contributed by atoms with van der Waals surface area (Å²) in [6.45, 7) is 4.05. The minimum atomic E-state index is -3.54. The highest BCUT2D eigenvalue weighted by atomic mass is 32.2. The van der Waals surface area contributed by atoms with Crippen LogP contribution < -0.4 is 10.1 Å². The van der Waals surface area contributed by atoms with Crippen LogP contribution in [0.25, 0.3) is 0 Å². The van der Waals surface area contributed by atoms with E-state index in [2.05, 4.69) is 5.32 Å². The second kappa shape index (κ2) is 10.9. The van der Waals surface area contributed by atoms with Gasteiger partial charge in [-0.2, -0.15) is 0 Å². The van der Waals surface area contributed by atoms with E-state index in [4.69, 9.17) is 4.74 Å². The fourth-order valence-electron chi connectivity index (χ4n) is 2.68. The van der Waals surface area contributed by atoms with Gasteiger partial charge in [0, 0.05) is 31.3 Å². The molecule has 2 aromatic rings. The molecule has 0 radical (unpaired) electrons. The Morgan fingerprint density at radius 1 is 1.00 bits per heavy atom. The number of nitrogens with one attached hydrogen (secondary N) is 1. The molecule has 0 spiro atoms. The molecule has 0 aliphatic carbocycles. The van der Waals surface area contributed by atoms with Gasteiger partial charge in [0.05, 0.1) is 4.90 Å². The van der Waals surface area contributed by atoms with Crippen LogP contribution in [0.1, 0.15) is 43.5 Å². The first-order chi connectivity index (χ1) is 14.3. The number of ketones is 1. The molecule has 0 saturated heterocycles. The normalized spacial score (nSPS) is 11.3. The zero-order valence-electron chi connectivity index (χ0n) is 17.6. The summed E-state index contributed by atoms with van der Waals surface area (Å²) >= 11 is 0. The summed E-state index contributed by atoms with van der Waals surface area (Å²) in [6.07, 6.45) is 2.13. The number of carbonyl (C=O) groups excluding carboxylic acids is 2. The van der Waals surface area contributed by atoms with Crippen molar-refractivity contribution in [2.75, 3.05) is 25.5 Å². The Balaban J connectivity index is 1.90. The van der Waals surface area contributed by atoms with Gasteiger partial charge in [-0.1, -0.05) is 20.3 Å². The molecule has 0 saturated carbocycles. The van der Waals surface area contributed by atoms with Crippen LogP contribution in [0.3, 0.4) is 0 Å². The Labute approximate surface area is 178 Å². The monoisotopic (exact) mass is 432 g/mol. The van der Waals surface area contributed by atoms with Gasteiger partial charge in [0.2, 0.25) is 10.0 Å². The second-order valence-electron chi connectivity index (χ2n) is 6.84. The highest BCUT2D eigenvalue weighted by molar-refractivity contribution is 7.89. The molecule has 0 aliphatic heterocycles. The van der Waals surface area contributed by atoms with Crippen molar-refractivity contribution in [2.45, 2.75) is 38.0 Å². The van der Waals surface area contributed by atoms with Crippen molar-refractivity contribution in [1.29, 1.82) is 0 Å². The number of sulfonamides is 1. The highest BCUT2D eigenvalue weighted by Gasteiger charge is 2.20. The quantitative estimate of drug-likeness (QED) is 0.546. The maximum atomic E-state index is 12.5. The fourth-order valence-corrected chi connectivity index (χ4v) is 3.89. The van der Waals surface area contributed by atoms with Crippen molar-refractivity contribution in [3.05, 3.63) is 54.1 Å². The van der Waals surface area contributed by atoms with Crippen LogP contribution in [0, 0.1) is 0 Å². The Hall–Kier alpha value is -2.71. The first-order valence-electron chi connectivity index (χ1n) is 9.90. The van der Waals surface area contributed by atoms with Crippen molar-refractivity contribution in [3.63, 3.8) is 0 Å². The van der Waals surface area contributed by atoms with Crippen molar-refractivity contribution >= 4 is 27.4 Å². The van der Waals surface area contributed by atoms with E-state index in [-0.39, 0.29) is 23.2 Å². The van der Waals surface area contributed by atoms with E-state index in [1.54, 1.807) is 50.4 Å². The number of hydrogen-bond donors (Lipinski definition) is 1. The van der Waals surface area contributed by atoms with E-state index >= 15 is 0 Å². The van der Waals surface area contributed by atoms with Crippen LogP contribution >= 0.6 is 0 Å². The summed E-state index contributed by atoms with van der Waals surface area (Å²) in [7, 11) is -1.98. The van der Waals surface area contributed by atoms with Crippen LogP contribution in [0.5, 0.6) is 5.75 Å². The summed E-state index contributed by atoms with van der Waals surface area (Å²) in [5, 5.41) is 2.67. The molecule has 0 atom stereocenters. The van der Waals surface area contributed by atoms with Gasteiger partial charge in [0.1, 0.15) is 5.75 Å². The fraction of sp³-hybridized carbons (Fsp3) is 0.364. The molecule has 2 rings (SSSR count). The molecule has 0 heterocycles. The van der Waals surface area contributed by atoms with Crippen LogP contribution in [0.4, 0.5) is 5.69 Å². The van der Waals surface area contributed by atoms with E-state index < -0.39 is 10.0 Å². The lowest BCUT2D eigenvalue weighted by atomic mass is 10.1. The number of rotatable bonds is 11. The standard InChI is InChI=1S/C22H28N2O5S/c1-4-6-15-24(3)30(27,28)20-13-9-18(10-14-20)23-22(26)16-29-19-11-7-17(8-12-19)21(25)5-2/h7-14H,4-6,15-16H2,1-3H3,(H,23,26). The van der Waals surface area contributed by atoms with Crippen molar-refractivity contribution in [2.24, 2.45) is 0 Å². The van der Waals surface area contributed by atoms with Gasteiger partial charge >= 0.3 is 0 Å². The number of ether oxygens (including phenoxy) is 1. The molecule has 1 amide bonds. The molecule has 0 aliphatic rings. The molecule has 8 heteroatoms. The van der Waals surface area contributed by atoms with Crippen LogP contribution in [-0.2, 0) is 14.8 Å². The maximum Gasteiger partial charge on any atom is 0.262 e. The maximum absolute atomic E-state index is 12.5. The minimum Gasteiger partial charge on any atom is -0.484 e. The SMILES string of the molecule is CCCCN(C)S(=O)(=O)c1ccc(NC(=O)COc2ccc(C(=O)CC)cc2)cc1. The smallest absolute Gasteiger partial charge is 0.262 e. The van der Waals surface area contributed by atoms with E-state index in [1.807, 2.05) is 6.92 Å². The molecule has 1 N–H and O–H groups in total. The van der Waals surface area contributed by atoms with E-state index in [0.717, 1.165) is 12.8 Å². The lowest BCUT2D eigenvalue weighted by molar-refractivity contribution is -0.118.